The largest absolute Gasteiger partial charge is 0.313 e. The third-order valence-electron chi connectivity index (χ3n) is 3.20. The van der Waals surface area contributed by atoms with Crippen molar-refractivity contribution < 1.29 is 12.8 Å². The minimum atomic E-state index is -2.86. The van der Waals surface area contributed by atoms with E-state index in [0.717, 1.165) is 18.4 Å². The van der Waals surface area contributed by atoms with Crippen molar-refractivity contribution in [1.29, 1.82) is 0 Å². The summed E-state index contributed by atoms with van der Waals surface area (Å²) in [6.45, 7) is 0.684. The van der Waals surface area contributed by atoms with Crippen LogP contribution in [0.1, 0.15) is 18.4 Å². The van der Waals surface area contributed by atoms with Gasteiger partial charge in [0.1, 0.15) is 5.82 Å². The average Bonchev–Trinajstić information content (AvgIpc) is 2.28. The number of halogens is 1. The van der Waals surface area contributed by atoms with Crippen molar-refractivity contribution in [3.8, 4) is 0 Å². The summed E-state index contributed by atoms with van der Waals surface area (Å²) in [5, 5.41) is 3.24. The number of sulfone groups is 1. The number of nitrogens with one attached hydrogen (secondary N) is 1. The van der Waals surface area contributed by atoms with E-state index in [1.54, 1.807) is 6.07 Å². The fourth-order valence-corrected chi connectivity index (χ4v) is 3.97. The molecule has 1 fully saturated rings. The predicted octanol–water partition coefficient (Wildman–Crippen LogP) is 1.53. The van der Waals surface area contributed by atoms with Crippen LogP contribution >= 0.6 is 0 Å². The second-order valence-corrected chi connectivity index (χ2v) is 7.02. The highest BCUT2D eigenvalue weighted by Gasteiger charge is 2.23. The standard InChI is InChI=1S/C13H18FNO2S/c14-12-4-1-3-11(9-12)6-7-15-13-5-2-8-18(16,17)10-13/h1,3-4,9,13,15H,2,5-8,10H2. The molecule has 0 bridgehead atoms. The molecule has 0 aromatic heterocycles. The summed E-state index contributed by atoms with van der Waals surface area (Å²) in [4.78, 5) is 0. The van der Waals surface area contributed by atoms with Gasteiger partial charge in [0.15, 0.2) is 9.84 Å². The summed E-state index contributed by atoms with van der Waals surface area (Å²) < 4.78 is 35.8. The summed E-state index contributed by atoms with van der Waals surface area (Å²) >= 11 is 0. The first-order chi connectivity index (χ1) is 8.55. The molecule has 0 radical (unpaired) electrons. The monoisotopic (exact) mass is 271 g/mol. The van der Waals surface area contributed by atoms with E-state index < -0.39 is 9.84 Å². The highest BCUT2D eigenvalue weighted by molar-refractivity contribution is 7.91. The van der Waals surface area contributed by atoms with Crippen molar-refractivity contribution in [2.75, 3.05) is 18.1 Å². The molecule has 0 saturated carbocycles. The van der Waals surface area contributed by atoms with Gasteiger partial charge in [0, 0.05) is 6.04 Å². The van der Waals surface area contributed by atoms with Crippen LogP contribution in [0.4, 0.5) is 4.39 Å². The van der Waals surface area contributed by atoms with Crippen molar-refractivity contribution in [2.24, 2.45) is 0 Å². The lowest BCUT2D eigenvalue weighted by Gasteiger charge is -2.23. The third kappa shape index (κ3) is 4.07. The van der Waals surface area contributed by atoms with E-state index in [2.05, 4.69) is 5.32 Å². The van der Waals surface area contributed by atoms with Crippen LogP contribution in [-0.4, -0.2) is 32.5 Å². The van der Waals surface area contributed by atoms with Gasteiger partial charge in [-0.3, -0.25) is 0 Å². The first-order valence-electron chi connectivity index (χ1n) is 6.23. The molecule has 1 aromatic carbocycles. The molecule has 1 aromatic rings. The van der Waals surface area contributed by atoms with E-state index in [-0.39, 0.29) is 17.6 Å². The fraction of sp³-hybridized carbons (Fsp3) is 0.538. The van der Waals surface area contributed by atoms with Crippen LogP contribution in [0.25, 0.3) is 0 Å². The van der Waals surface area contributed by atoms with Gasteiger partial charge >= 0.3 is 0 Å². The molecular formula is C13H18FNO2S. The van der Waals surface area contributed by atoms with Crippen LogP contribution in [-0.2, 0) is 16.3 Å². The molecule has 1 saturated heterocycles. The van der Waals surface area contributed by atoms with Gasteiger partial charge in [0.2, 0.25) is 0 Å². The van der Waals surface area contributed by atoms with E-state index in [1.807, 2.05) is 6.07 Å². The van der Waals surface area contributed by atoms with Gasteiger partial charge in [-0.05, 0) is 43.5 Å². The molecule has 0 amide bonds. The Bertz CT molecular complexity index is 501. The van der Waals surface area contributed by atoms with Gasteiger partial charge in [-0.2, -0.15) is 0 Å². The number of rotatable bonds is 4. The molecule has 1 atom stereocenters. The van der Waals surface area contributed by atoms with E-state index in [0.29, 0.717) is 18.7 Å². The van der Waals surface area contributed by atoms with Crippen LogP contribution in [0.3, 0.4) is 0 Å². The second-order valence-electron chi connectivity index (χ2n) is 4.79. The third-order valence-corrected chi connectivity index (χ3v) is 5.02. The van der Waals surface area contributed by atoms with Crippen molar-refractivity contribution in [3.05, 3.63) is 35.6 Å². The molecule has 1 heterocycles. The highest BCUT2D eigenvalue weighted by atomic mass is 32.2. The summed E-state index contributed by atoms with van der Waals surface area (Å²) in [6.07, 6.45) is 2.36. The zero-order valence-electron chi connectivity index (χ0n) is 10.2. The van der Waals surface area contributed by atoms with Crippen molar-refractivity contribution >= 4 is 9.84 Å². The fourth-order valence-electron chi connectivity index (χ4n) is 2.30. The van der Waals surface area contributed by atoms with Crippen LogP contribution in [0.5, 0.6) is 0 Å². The number of benzene rings is 1. The summed E-state index contributed by atoms with van der Waals surface area (Å²) in [5.41, 5.74) is 0.932. The normalized spacial score (nSPS) is 22.8. The van der Waals surface area contributed by atoms with Gasteiger partial charge in [-0.1, -0.05) is 12.1 Å². The first kappa shape index (κ1) is 13.5. The van der Waals surface area contributed by atoms with Gasteiger partial charge < -0.3 is 5.32 Å². The highest BCUT2D eigenvalue weighted by Crippen LogP contribution is 2.12. The topological polar surface area (TPSA) is 46.2 Å². The Kier molecular flexibility index (Phi) is 4.35. The van der Waals surface area contributed by atoms with E-state index in [4.69, 9.17) is 0 Å². The molecule has 2 rings (SSSR count). The Morgan fingerprint density at radius 1 is 1.39 bits per heavy atom. The molecule has 1 N–H and O–H groups in total. The van der Waals surface area contributed by atoms with Crippen molar-refractivity contribution in [3.63, 3.8) is 0 Å². The average molecular weight is 271 g/mol. The molecule has 100 valence electrons. The first-order valence-corrected chi connectivity index (χ1v) is 8.05. The lowest BCUT2D eigenvalue weighted by atomic mass is 10.1. The molecule has 1 unspecified atom stereocenters. The van der Waals surface area contributed by atoms with Gasteiger partial charge in [0.25, 0.3) is 0 Å². The minimum Gasteiger partial charge on any atom is -0.313 e. The lowest BCUT2D eigenvalue weighted by molar-refractivity contribution is 0.483. The number of hydrogen-bond acceptors (Lipinski definition) is 3. The van der Waals surface area contributed by atoms with Crippen LogP contribution < -0.4 is 5.32 Å². The molecule has 1 aliphatic heterocycles. The zero-order chi connectivity index (χ0) is 13.0. The Labute approximate surface area is 107 Å². The SMILES string of the molecule is O=S1(=O)CCCC(NCCc2cccc(F)c2)C1. The molecular weight excluding hydrogens is 253 g/mol. The molecule has 18 heavy (non-hydrogen) atoms. The van der Waals surface area contributed by atoms with Crippen LogP contribution in [0, 0.1) is 5.82 Å². The summed E-state index contributed by atoms with van der Waals surface area (Å²) in [6, 6.07) is 6.56. The Morgan fingerprint density at radius 2 is 2.22 bits per heavy atom. The van der Waals surface area contributed by atoms with Crippen LogP contribution in [0.2, 0.25) is 0 Å². The van der Waals surface area contributed by atoms with E-state index in [1.165, 1.54) is 12.1 Å². The molecule has 1 aliphatic rings. The summed E-state index contributed by atoms with van der Waals surface area (Å²) in [7, 11) is -2.86. The van der Waals surface area contributed by atoms with Gasteiger partial charge in [-0.25, -0.2) is 12.8 Å². The van der Waals surface area contributed by atoms with E-state index >= 15 is 0 Å². The van der Waals surface area contributed by atoms with Gasteiger partial charge in [-0.15, -0.1) is 0 Å². The minimum absolute atomic E-state index is 0.0531. The second kappa shape index (κ2) is 5.80. The lowest BCUT2D eigenvalue weighted by Crippen LogP contribution is -2.40. The Hall–Kier alpha value is -0.940. The zero-order valence-corrected chi connectivity index (χ0v) is 11.0. The quantitative estimate of drug-likeness (QED) is 0.903. The molecule has 5 heteroatoms. The molecule has 0 aliphatic carbocycles. The van der Waals surface area contributed by atoms with Gasteiger partial charge in [0.05, 0.1) is 11.5 Å². The maximum absolute atomic E-state index is 13.0. The maximum Gasteiger partial charge on any atom is 0.151 e. The summed E-state index contributed by atoms with van der Waals surface area (Å²) in [5.74, 6) is 0.318. The maximum atomic E-state index is 13.0. The van der Waals surface area contributed by atoms with E-state index in [9.17, 15) is 12.8 Å². The van der Waals surface area contributed by atoms with Crippen molar-refractivity contribution in [2.45, 2.75) is 25.3 Å². The Balaban J connectivity index is 1.79. The predicted molar refractivity (Wildman–Crippen MR) is 69.8 cm³/mol. The molecule has 0 spiro atoms. The van der Waals surface area contributed by atoms with Crippen LogP contribution in [0.15, 0.2) is 24.3 Å². The molecule has 3 nitrogen and oxygen atoms in total. The van der Waals surface area contributed by atoms with Crippen molar-refractivity contribution in [1.82, 2.24) is 5.32 Å². The number of hydrogen-bond donors (Lipinski definition) is 1. The smallest absolute Gasteiger partial charge is 0.151 e. The Morgan fingerprint density at radius 3 is 2.94 bits per heavy atom.